The highest BCUT2D eigenvalue weighted by Crippen LogP contribution is 2.35. The highest BCUT2D eigenvalue weighted by atomic mass is 19.4. The second kappa shape index (κ2) is 5.35. The van der Waals surface area contributed by atoms with Crippen LogP contribution >= 0.6 is 0 Å². The van der Waals surface area contributed by atoms with Crippen molar-refractivity contribution in [2.75, 3.05) is 13.2 Å². The third-order valence-corrected chi connectivity index (χ3v) is 2.24. The van der Waals surface area contributed by atoms with Crippen molar-refractivity contribution in [1.29, 1.82) is 0 Å². The lowest BCUT2D eigenvalue weighted by molar-refractivity contribution is -0.158. The molecule has 2 nitrogen and oxygen atoms in total. The third kappa shape index (κ3) is 3.33. The summed E-state index contributed by atoms with van der Waals surface area (Å²) in [5.74, 6) is -3.05. The van der Waals surface area contributed by atoms with Crippen molar-refractivity contribution in [3.05, 3.63) is 29.6 Å². The standard InChI is InChI=1S/C11H12F4O2/c1-2-17-10-4-3-7(5-9(10)12)8(6-16)11(13,14)15/h3-5,8,16H,2,6H2,1H3. The Balaban J connectivity index is 3.03. The lowest BCUT2D eigenvalue weighted by Crippen LogP contribution is -2.24. The van der Waals surface area contributed by atoms with Gasteiger partial charge in [-0.3, -0.25) is 0 Å². The number of aliphatic hydroxyl groups excluding tert-OH is 1. The fourth-order valence-corrected chi connectivity index (χ4v) is 1.40. The van der Waals surface area contributed by atoms with Crippen LogP contribution in [-0.4, -0.2) is 24.5 Å². The van der Waals surface area contributed by atoms with Crippen LogP contribution in [0.3, 0.4) is 0 Å². The van der Waals surface area contributed by atoms with Gasteiger partial charge in [-0.15, -0.1) is 0 Å². The summed E-state index contributed by atoms with van der Waals surface area (Å²) in [5, 5.41) is 8.70. The van der Waals surface area contributed by atoms with E-state index in [1.54, 1.807) is 6.92 Å². The molecule has 0 fully saturated rings. The Morgan fingerprint density at radius 3 is 2.41 bits per heavy atom. The van der Waals surface area contributed by atoms with E-state index in [2.05, 4.69) is 0 Å². The average molecular weight is 252 g/mol. The normalized spacial score (nSPS) is 13.5. The number of hydrogen-bond donors (Lipinski definition) is 1. The van der Waals surface area contributed by atoms with Crippen LogP contribution in [-0.2, 0) is 0 Å². The van der Waals surface area contributed by atoms with Crippen LogP contribution in [0, 0.1) is 5.82 Å². The van der Waals surface area contributed by atoms with E-state index in [1.807, 2.05) is 0 Å². The van der Waals surface area contributed by atoms with Crippen molar-refractivity contribution in [3.8, 4) is 5.75 Å². The molecular formula is C11H12F4O2. The molecule has 0 amide bonds. The summed E-state index contributed by atoms with van der Waals surface area (Å²) >= 11 is 0. The van der Waals surface area contributed by atoms with Crippen molar-refractivity contribution in [2.45, 2.75) is 19.0 Å². The molecule has 0 aliphatic heterocycles. The van der Waals surface area contributed by atoms with Crippen molar-refractivity contribution < 1.29 is 27.4 Å². The van der Waals surface area contributed by atoms with Gasteiger partial charge in [0.25, 0.3) is 0 Å². The second-order valence-electron chi connectivity index (χ2n) is 3.40. The quantitative estimate of drug-likeness (QED) is 0.835. The summed E-state index contributed by atoms with van der Waals surface area (Å²) in [6.07, 6.45) is -4.60. The van der Waals surface area contributed by atoms with Gasteiger partial charge in [0.05, 0.1) is 13.2 Å². The molecule has 0 saturated carbocycles. The van der Waals surface area contributed by atoms with E-state index in [1.165, 1.54) is 0 Å². The molecule has 1 aromatic carbocycles. The zero-order valence-corrected chi connectivity index (χ0v) is 9.09. The fraction of sp³-hybridized carbons (Fsp3) is 0.455. The van der Waals surface area contributed by atoms with Gasteiger partial charge in [0, 0.05) is 0 Å². The number of halogens is 4. The van der Waals surface area contributed by atoms with Gasteiger partial charge in [0.1, 0.15) is 5.92 Å². The van der Waals surface area contributed by atoms with Gasteiger partial charge in [-0.2, -0.15) is 13.2 Å². The molecule has 0 aromatic heterocycles. The molecule has 1 unspecified atom stereocenters. The molecule has 0 radical (unpaired) electrons. The van der Waals surface area contributed by atoms with Gasteiger partial charge in [-0.05, 0) is 24.6 Å². The van der Waals surface area contributed by atoms with Crippen molar-refractivity contribution >= 4 is 0 Å². The van der Waals surface area contributed by atoms with Gasteiger partial charge in [-0.25, -0.2) is 4.39 Å². The van der Waals surface area contributed by atoms with Crippen LogP contribution in [0.1, 0.15) is 18.4 Å². The number of ether oxygens (including phenoxy) is 1. The number of aliphatic hydroxyl groups is 1. The first kappa shape index (κ1) is 13.8. The zero-order valence-electron chi connectivity index (χ0n) is 9.09. The number of hydrogen-bond acceptors (Lipinski definition) is 2. The maximum Gasteiger partial charge on any atom is 0.397 e. The monoisotopic (exact) mass is 252 g/mol. The topological polar surface area (TPSA) is 29.5 Å². The highest BCUT2D eigenvalue weighted by molar-refractivity contribution is 5.32. The molecule has 0 aliphatic carbocycles. The summed E-state index contributed by atoms with van der Waals surface area (Å²) in [5.41, 5.74) is -0.319. The Morgan fingerprint density at radius 2 is 2.00 bits per heavy atom. The van der Waals surface area contributed by atoms with Crippen LogP contribution in [0.2, 0.25) is 0 Å². The Hall–Kier alpha value is -1.30. The van der Waals surface area contributed by atoms with E-state index >= 15 is 0 Å². The van der Waals surface area contributed by atoms with E-state index in [0.29, 0.717) is 0 Å². The highest BCUT2D eigenvalue weighted by Gasteiger charge is 2.40. The van der Waals surface area contributed by atoms with E-state index < -0.39 is 24.5 Å². The largest absolute Gasteiger partial charge is 0.491 e. The second-order valence-corrected chi connectivity index (χ2v) is 3.40. The van der Waals surface area contributed by atoms with Gasteiger partial charge < -0.3 is 9.84 Å². The summed E-state index contributed by atoms with van der Waals surface area (Å²) < 4.78 is 55.6. The van der Waals surface area contributed by atoms with E-state index in [0.717, 1.165) is 18.2 Å². The Kier molecular flexibility index (Phi) is 4.34. The summed E-state index contributed by atoms with van der Waals surface area (Å²) in [4.78, 5) is 0. The summed E-state index contributed by atoms with van der Waals surface area (Å²) in [6, 6.07) is 2.96. The molecule has 96 valence electrons. The first-order valence-electron chi connectivity index (χ1n) is 5.00. The minimum atomic E-state index is -4.60. The first-order chi connectivity index (χ1) is 7.90. The van der Waals surface area contributed by atoms with E-state index in [9.17, 15) is 17.6 Å². The first-order valence-corrected chi connectivity index (χ1v) is 5.00. The maximum atomic E-state index is 13.3. The molecule has 0 heterocycles. The molecule has 0 aliphatic rings. The van der Waals surface area contributed by atoms with Crippen LogP contribution in [0.5, 0.6) is 5.75 Å². The lowest BCUT2D eigenvalue weighted by Gasteiger charge is -2.18. The molecule has 1 atom stereocenters. The predicted molar refractivity (Wildman–Crippen MR) is 53.5 cm³/mol. The van der Waals surface area contributed by atoms with Crippen LogP contribution < -0.4 is 4.74 Å². The summed E-state index contributed by atoms with van der Waals surface area (Å²) in [7, 11) is 0. The van der Waals surface area contributed by atoms with Crippen LogP contribution in [0.25, 0.3) is 0 Å². The van der Waals surface area contributed by atoms with Gasteiger partial charge >= 0.3 is 6.18 Å². The molecule has 1 aromatic rings. The fourth-order valence-electron chi connectivity index (χ4n) is 1.40. The molecule has 1 N–H and O–H groups in total. The Morgan fingerprint density at radius 1 is 1.35 bits per heavy atom. The molecule has 0 spiro atoms. The summed E-state index contributed by atoms with van der Waals surface area (Å²) in [6.45, 7) is 0.746. The van der Waals surface area contributed by atoms with Gasteiger partial charge in [0.15, 0.2) is 11.6 Å². The zero-order chi connectivity index (χ0) is 13.1. The SMILES string of the molecule is CCOc1ccc(C(CO)C(F)(F)F)cc1F. The van der Waals surface area contributed by atoms with Crippen molar-refractivity contribution in [3.63, 3.8) is 0 Å². The number of benzene rings is 1. The third-order valence-electron chi connectivity index (χ3n) is 2.24. The Bertz CT molecular complexity index is 376. The molecule has 1 rings (SSSR count). The van der Waals surface area contributed by atoms with E-state index in [-0.39, 0.29) is 17.9 Å². The lowest BCUT2D eigenvalue weighted by atomic mass is 9.99. The average Bonchev–Trinajstić information content (AvgIpc) is 2.21. The minimum absolute atomic E-state index is 0.102. The smallest absolute Gasteiger partial charge is 0.397 e. The molecule has 0 bridgehead atoms. The molecule has 17 heavy (non-hydrogen) atoms. The molecule has 0 saturated heterocycles. The van der Waals surface area contributed by atoms with Crippen molar-refractivity contribution in [1.82, 2.24) is 0 Å². The predicted octanol–water partition coefficient (Wildman–Crippen LogP) is 2.86. The van der Waals surface area contributed by atoms with Crippen LogP contribution in [0.15, 0.2) is 18.2 Å². The van der Waals surface area contributed by atoms with E-state index in [4.69, 9.17) is 9.84 Å². The maximum absolute atomic E-state index is 13.3. The van der Waals surface area contributed by atoms with Crippen LogP contribution in [0.4, 0.5) is 17.6 Å². The Labute approximate surface area is 95.8 Å². The minimum Gasteiger partial charge on any atom is -0.491 e. The molecule has 6 heteroatoms. The van der Waals surface area contributed by atoms with Gasteiger partial charge in [-0.1, -0.05) is 6.07 Å². The number of rotatable bonds is 4. The number of alkyl halides is 3. The van der Waals surface area contributed by atoms with Gasteiger partial charge in [0.2, 0.25) is 0 Å². The molecular weight excluding hydrogens is 240 g/mol. The van der Waals surface area contributed by atoms with Crippen molar-refractivity contribution in [2.24, 2.45) is 0 Å².